The van der Waals surface area contributed by atoms with Crippen molar-refractivity contribution in [1.82, 2.24) is 50.2 Å². The molecule has 458 valence electrons. The minimum absolute atomic E-state index is 0.0386. The Morgan fingerprint density at radius 3 is 1.39 bits per heavy atom. The lowest BCUT2D eigenvalue weighted by Gasteiger charge is -2.41. The van der Waals surface area contributed by atoms with Crippen molar-refractivity contribution in [2.75, 3.05) is 62.4 Å². The van der Waals surface area contributed by atoms with E-state index in [9.17, 15) is 48.3 Å². The van der Waals surface area contributed by atoms with Crippen molar-refractivity contribution in [3.8, 4) is 0 Å². The molecule has 23 nitrogen and oxygen atoms in total. The third kappa shape index (κ3) is 22.1. The number of amides is 11. The molecular weight excluding hydrogens is 1030 g/mol. The number of hydrogen-bond acceptors (Lipinski definition) is 12. The molecule has 1 unspecified atom stereocenters. The Morgan fingerprint density at radius 1 is 0.500 bits per heavy atom. The maximum absolute atomic E-state index is 15.0. The number of nitrogens with two attached hydrogens (primary N) is 1. The largest absolute Gasteiger partial charge is 0.390 e. The lowest BCUT2D eigenvalue weighted by Crippen LogP contribution is -2.63. The van der Waals surface area contributed by atoms with Gasteiger partial charge in [-0.25, -0.2) is 0 Å². The van der Waals surface area contributed by atoms with Crippen molar-refractivity contribution in [2.24, 2.45) is 41.2 Å². The second-order valence-electron chi connectivity index (χ2n) is 23.6. The smallest absolute Gasteiger partial charge is 0.246 e. The van der Waals surface area contributed by atoms with Gasteiger partial charge in [0.2, 0.25) is 65.0 Å². The Morgan fingerprint density at radius 2 is 0.950 bits per heavy atom. The van der Waals surface area contributed by atoms with Crippen LogP contribution >= 0.6 is 0 Å². The second kappa shape index (κ2) is 34.2. The first-order valence-electron chi connectivity index (χ1n) is 28.1. The molecule has 0 radical (unpaired) electrons. The molecule has 0 heterocycles. The van der Waals surface area contributed by atoms with Crippen LogP contribution in [0.4, 0.5) is 0 Å². The molecule has 0 saturated carbocycles. The predicted molar refractivity (Wildman–Crippen MR) is 307 cm³/mol. The molecule has 0 aromatic carbocycles. The number of likely N-dealkylation sites (N-methyl/N-ethyl adjacent to an activating group) is 7. The summed E-state index contributed by atoms with van der Waals surface area (Å²) in [6.45, 7) is 25.3. The molecule has 0 rings (SSSR count). The van der Waals surface area contributed by atoms with E-state index < -0.39 is 132 Å². The molecule has 0 aromatic rings. The van der Waals surface area contributed by atoms with Gasteiger partial charge in [-0.05, 0) is 82.5 Å². The Kier molecular flexibility index (Phi) is 31.6. The molecule has 23 heteroatoms. The standard InChI is InChI=1S/C57H103N11O12/c1-23-25-26-37(13)48(71)47(51(74)61-40(24-2)54(77)63(17)31-45(70)64(18)41(49(58)72)27-32(3)4)68(22)57(80)46(35(9)10)67(21)56(79)43(29-34(7)8)66(20)55(78)42(28-33(5)6)65(19)53(76)39(15)60-50(73)38(14)59-44(69)30-62(16)52(75)36(11)12/h23,25,32-43,46-48,71H,24,26-31H2,1-22H3,(H2,58,72)(H,59,69)(H,60,73)(H,61,74)/b25-23-/t37-,38-,39+,40+,41-,42-,43-,46+,47?,48+/m1/s1. The van der Waals surface area contributed by atoms with Crippen LogP contribution in [0.1, 0.15) is 136 Å². The number of aliphatic hydroxyl groups is 1. The molecule has 10 atom stereocenters. The number of carbonyl (C=O) groups is 11. The predicted octanol–water partition coefficient (Wildman–Crippen LogP) is 1.84. The fourth-order valence-electron chi connectivity index (χ4n) is 9.39. The van der Waals surface area contributed by atoms with E-state index in [4.69, 9.17) is 5.73 Å². The van der Waals surface area contributed by atoms with Gasteiger partial charge in [0.15, 0.2) is 0 Å². The number of aliphatic hydroxyl groups excluding tert-OH is 1. The van der Waals surface area contributed by atoms with Crippen LogP contribution in [0, 0.1) is 35.5 Å². The van der Waals surface area contributed by atoms with Crippen LogP contribution in [0.25, 0.3) is 0 Å². The van der Waals surface area contributed by atoms with Gasteiger partial charge < -0.3 is 61.1 Å². The first-order valence-corrected chi connectivity index (χ1v) is 28.1. The monoisotopic (exact) mass is 1130 g/mol. The lowest BCUT2D eigenvalue weighted by molar-refractivity contribution is -0.157. The van der Waals surface area contributed by atoms with E-state index in [0.29, 0.717) is 12.8 Å². The third-order valence-electron chi connectivity index (χ3n) is 14.3. The van der Waals surface area contributed by atoms with Crippen molar-refractivity contribution in [3.63, 3.8) is 0 Å². The van der Waals surface area contributed by atoms with Crippen LogP contribution in [0.2, 0.25) is 0 Å². The van der Waals surface area contributed by atoms with Crippen LogP contribution in [0.5, 0.6) is 0 Å². The zero-order valence-corrected chi connectivity index (χ0v) is 52.4. The molecular formula is C57H103N11O12. The fraction of sp³-hybridized carbons (Fsp3) is 0.772. The molecule has 0 bridgehead atoms. The highest BCUT2D eigenvalue weighted by Gasteiger charge is 2.45. The highest BCUT2D eigenvalue weighted by molar-refractivity contribution is 5.98. The van der Waals surface area contributed by atoms with E-state index >= 15 is 9.59 Å². The van der Waals surface area contributed by atoms with E-state index in [0.717, 1.165) is 9.80 Å². The van der Waals surface area contributed by atoms with Crippen molar-refractivity contribution in [3.05, 3.63) is 12.2 Å². The number of primary amides is 1. The minimum Gasteiger partial charge on any atom is -0.390 e. The molecule has 0 saturated heterocycles. The van der Waals surface area contributed by atoms with Crippen LogP contribution in [0.3, 0.4) is 0 Å². The van der Waals surface area contributed by atoms with E-state index in [1.165, 1.54) is 87.7 Å². The maximum Gasteiger partial charge on any atom is 0.246 e. The van der Waals surface area contributed by atoms with Crippen LogP contribution < -0.4 is 21.7 Å². The fourth-order valence-corrected chi connectivity index (χ4v) is 9.39. The van der Waals surface area contributed by atoms with Crippen LogP contribution in [-0.2, 0) is 52.7 Å². The topological polar surface area (TPSA) is 293 Å². The van der Waals surface area contributed by atoms with Crippen molar-refractivity contribution >= 4 is 65.0 Å². The van der Waals surface area contributed by atoms with Gasteiger partial charge in [-0.3, -0.25) is 52.7 Å². The number of rotatable bonds is 33. The van der Waals surface area contributed by atoms with Gasteiger partial charge in [0.05, 0.1) is 19.2 Å². The Hall–Kier alpha value is -6.13. The summed E-state index contributed by atoms with van der Waals surface area (Å²) in [4.78, 5) is 160. The lowest BCUT2D eigenvalue weighted by atomic mass is 9.91. The quantitative estimate of drug-likeness (QED) is 0.0589. The van der Waals surface area contributed by atoms with Gasteiger partial charge in [-0.15, -0.1) is 0 Å². The third-order valence-corrected chi connectivity index (χ3v) is 14.3. The average molecular weight is 1130 g/mol. The highest BCUT2D eigenvalue weighted by Crippen LogP contribution is 2.25. The van der Waals surface area contributed by atoms with E-state index in [-0.39, 0.29) is 55.4 Å². The summed E-state index contributed by atoms with van der Waals surface area (Å²) >= 11 is 0. The molecule has 0 aliphatic carbocycles. The Bertz CT molecular complexity index is 2150. The summed E-state index contributed by atoms with van der Waals surface area (Å²) in [7, 11) is 9.94. The summed E-state index contributed by atoms with van der Waals surface area (Å²) in [5, 5.41) is 19.8. The highest BCUT2D eigenvalue weighted by atomic mass is 16.3. The molecule has 0 spiro atoms. The number of carbonyl (C=O) groups excluding carboxylic acids is 11. The van der Waals surface area contributed by atoms with Gasteiger partial charge in [0, 0.05) is 55.3 Å². The zero-order valence-electron chi connectivity index (χ0n) is 52.4. The first-order chi connectivity index (χ1) is 36.8. The van der Waals surface area contributed by atoms with Crippen molar-refractivity contribution in [2.45, 2.75) is 190 Å². The van der Waals surface area contributed by atoms with Gasteiger partial charge in [-0.1, -0.05) is 95.2 Å². The van der Waals surface area contributed by atoms with Crippen LogP contribution in [-0.4, -0.2) is 221 Å². The van der Waals surface area contributed by atoms with Crippen molar-refractivity contribution in [1.29, 1.82) is 0 Å². The molecule has 80 heavy (non-hydrogen) atoms. The summed E-state index contributed by atoms with van der Waals surface area (Å²) in [6, 6.07) is -9.50. The van der Waals surface area contributed by atoms with Gasteiger partial charge >= 0.3 is 0 Å². The minimum atomic E-state index is -1.59. The molecule has 0 aliphatic rings. The molecule has 11 amide bonds. The van der Waals surface area contributed by atoms with Crippen LogP contribution in [0.15, 0.2) is 12.2 Å². The molecule has 0 aliphatic heterocycles. The zero-order chi connectivity index (χ0) is 62.5. The average Bonchev–Trinajstić information content (AvgIpc) is 3.36. The van der Waals surface area contributed by atoms with Gasteiger partial charge in [0.1, 0.15) is 48.3 Å². The first kappa shape index (κ1) is 73.9. The van der Waals surface area contributed by atoms with Gasteiger partial charge in [0.25, 0.3) is 0 Å². The second-order valence-corrected chi connectivity index (χ2v) is 23.6. The summed E-state index contributed by atoms with van der Waals surface area (Å²) in [6.07, 6.45) is 3.08. The normalized spacial score (nSPS) is 15.4. The Balaban J connectivity index is 6.99. The number of hydrogen-bond donors (Lipinski definition) is 5. The molecule has 0 fully saturated rings. The van der Waals surface area contributed by atoms with Crippen molar-refractivity contribution < 1.29 is 57.8 Å². The SMILES string of the molecule is C/C=C\C[C@@H](C)[C@H](O)C(C(=O)N[C@@H](CC)C(=O)N(C)CC(=O)N(C)[C@H](CC(C)C)C(N)=O)N(C)C(=O)[C@H](C(C)C)N(C)C(=O)[C@@H](CC(C)C)N(C)C(=O)[C@@H](CC(C)C)N(C)C(=O)[C@H](C)NC(=O)[C@@H](C)NC(=O)CN(C)C(=O)C(C)C. The number of nitrogens with one attached hydrogen (secondary N) is 3. The molecule has 6 N–H and O–H groups in total. The molecule has 0 aromatic heterocycles. The van der Waals surface area contributed by atoms with E-state index in [1.54, 1.807) is 60.6 Å². The summed E-state index contributed by atoms with van der Waals surface area (Å²) < 4.78 is 0. The van der Waals surface area contributed by atoms with Gasteiger partial charge in [-0.2, -0.15) is 0 Å². The summed E-state index contributed by atoms with van der Waals surface area (Å²) in [5.74, 6) is -8.59. The maximum atomic E-state index is 15.0. The number of nitrogens with zero attached hydrogens (tertiary/aromatic N) is 7. The van der Waals surface area contributed by atoms with E-state index in [1.807, 2.05) is 41.5 Å². The number of allylic oxidation sites excluding steroid dienone is 2. The van der Waals surface area contributed by atoms with E-state index in [2.05, 4.69) is 16.0 Å². The Labute approximate surface area is 477 Å². The summed E-state index contributed by atoms with van der Waals surface area (Å²) in [5.41, 5.74) is 5.61.